The molecule has 1 saturated carbocycles. The number of alkyl carbamates (subject to hydrolysis) is 1. The van der Waals surface area contributed by atoms with Crippen LogP contribution < -0.4 is 10.6 Å². The minimum Gasteiger partial charge on any atom is -0.447 e. The Morgan fingerprint density at radius 2 is 1.94 bits per heavy atom. The Labute approximate surface area is 196 Å². The predicted octanol–water partition coefficient (Wildman–Crippen LogP) is 6.52. The number of halogens is 1. The molecule has 1 N–H and O–H groups in total. The lowest BCUT2D eigenvalue weighted by molar-refractivity contribution is 0.109. The zero-order valence-electron chi connectivity index (χ0n) is 18.1. The van der Waals surface area contributed by atoms with Gasteiger partial charge in [0.05, 0.1) is 16.0 Å². The fourth-order valence-corrected chi connectivity index (χ4v) is 9.56. The van der Waals surface area contributed by atoms with Gasteiger partial charge in [-0.05, 0) is 64.5 Å². The van der Waals surface area contributed by atoms with E-state index in [9.17, 15) is 9.36 Å². The van der Waals surface area contributed by atoms with Crippen LogP contribution in [0.1, 0.15) is 63.3 Å². The number of rotatable bonds is 5. The van der Waals surface area contributed by atoms with Crippen LogP contribution in [-0.2, 0) is 9.30 Å². The quantitative estimate of drug-likeness (QED) is 0.452. The molecule has 2 aromatic rings. The summed E-state index contributed by atoms with van der Waals surface area (Å²) in [5, 5.41) is 5.16. The molecule has 0 unspecified atom stereocenters. The highest BCUT2D eigenvalue weighted by Crippen LogP contribution is 2.53. The Balaban J connectivity index is 1.45. The van der Waals surface area contributed by atoms with Gasteiger partial charge in [-0.15, -0.1) is 11.3 Å². The highest BCUT2D eigenvalue weighted by atomic mass is 79.9. The first-order chi connectivity index (χ1) is 14.8. The molecule has 1 aromatic heterocycles. The number of ether oxygens (including phenoxy) is 1. The molecule has 2 heterocycles. The third-order valence-electron chi connectivity index (χ3n) is 6.22. The highest BCUT2D eigenvalue weighted by molar-refractivity contribution is 9.10. The van der Waals surface area contributed by atoms with Gasteiger partial charge in [0.25, 0.3) is 0 Å². The summed E-state index contributed by atoms with van der Waals surface area (Å²) in [4.78, 5) is 17.7. The number of nitrogens with zero attached hydrogens (tertiary/aromatic N) is 1. The van der Waals surface area contributed by atoms with Crippen molar-refractivity contribution in [3.63, 3.8) is 0 Å². The first kappa shape index (κ1) is 23.0. The molecule has 5 nitrogen and oxygen atoms in total. The third kappa shape index (κ3) is 5.43. The highest BCUT2D eigenvalue weighted by Gasteiger charge is 2.32. The van der Waals surface area contributed by atoms with Crippen molar-refractivity contribution >= 4 is 45.8 Å². The van der Waals surface area contributed by atoms with E-state index in [1.54, 1.807) is 11.3 Å². The van der Waals surface area contributed by atoms with Gasteiger partial charge in [0.2, 0.25) is 0 Å². The topological polar surface area (TPSA) is 68.3 Å². The minimum atomic E-state index is -2.31. The van der Waals surface area contributed by atoms with Gasteiger partial charge in [-0.3, -0.25) is 0 Å². The van der Waals surface area contributed by atoms with E-state index < -0.39 is 7.14 Å². The van der Waals surface area contributed by atoms with E-state index in [0.29, 0.717) is 5.92 Å². The Morgan fingerprint density at radius 3 is 2.61 bits per heavy atom. The number of hydrogen-bond donors (Lipinski definition) is 1. The number of aromatic nitrogens is 1. The van der Waals surface area contributed by atoms with Crippen molar-refractivity contribution in [3.05, 3.63) is 33.9 Å². The number of benzene rings is 1. The molecule has 0 spiro atoms. The summed E-state index contributed by atoms with van der Waals surface area (Å²) >= 11 is 5.31. The lowest BCUT2D eigenvalue weighted by atomic mass is 9.86. The van der Waals surface area contributed by atoms with Crippen LogP contribution in [0.25, 0.3) is 10.4 Å². The van der Waals surface area contributed by atoms with Crippen LogP contribution in [0.5, 0.6) is 0 Å². The number of carbonyl (C=O) groups is 1. The van der Waals surface area contributed by atoms with Crippen LogP contribution in [0, 0.1) is 0 Å². The summed E-state index contributed by atoms with van der Waals surface area (Å²) < 4.78 is 19.8. The number of thiazole rings is 1. The van der Waals surface area contributed by atoms with E-state index in [1.165, 1.54) is 0 Å². The van der Waals surface area contributed by atoms with E-state index in [2.05, 4.69) is 33.4 Å². The zero-order valence-corrected chi connectivity index (χ0v) is 21.4. The first-order valence-corrected chi connectivity index (χ1v) is 14.8. The lowest BCUT2D eigenvalue weighted by Gasteiger charge is -2.28. The van der Waals surface area contributed by atoms with E-state index in [0.717, 1.165) is 76.1 Å². The molecule has 2 aliphatic rings. The van der Waals surface area contributed by atoms with E-state index >= 15 is 0 Å². The Kier molecular flexibility index (Phi) is 7.24. The number of hydrogen-bond acceptors (Lipinski definition) is 5. The molecular weight excluding hydrogens is 495 g/mol. The maximum absolute atomic E-state index is 13.6. The van der Waals surface area contributed by atoms with Crippen LogP contribution in [0.3, 0.4) is 0 Å². The third-order valence-corrected chi connectivity index (χ3v) is 11.2. The van der Waals surface area contributed by atoms with Crippen molar-refractivity contribution in [2.75, 3.05) is 12.3 Å². The maximum Gasteiger partial charge on any atom is 0.407 e. The summed E-state index contributed by atoms with van der Waals surface area (Å²) in [6.45, 7) is 3.72. The van der Waals surface area contributed by atoms with E-state index in [4.69, 9.17) is 9.72 Å². The smallest absolute Gasteiger partial charge is 0.407 e. The molecule has 1 aromatic carbocycles. The Bertz CT molecular complexity index is 975. The van der Waals surface area contributed by atoms with Gasteiger partial charge < -0.3 is 14.6 Å². The summed E-state index contributed by atoms with van der Waals surface area (Å²) in [5.41, 5.74) is 1.09. The Hall–Kier alpha value is -1.17. The van der Waals surface area contributed by atoms with E-state index in [1.807, 2.05) is 26.1 Å². The van der Waals surface area contributed by atoms with Crippen LogP contribution in [-0.4, -0.2) is 35.5 Å². The maximum atomic E-state index is 13.6. The van der Waals surface area contributed by atoms with Crippen LogP contribution in [0.15, 0.2) is 28.9 Å². The van der Waals surface area contributed by atoms with Crippen molar-refractivity contribution in [1.29, 1.82) is 0 Å². The fourth-order valence-electron chi connectivity index (χ4n) is 4.64. The molecule has 31 heavy (non-hydrogen) atoms. The molecule has 4 rings (SSSR count). The molecule has 0 radical (unpaired) electrons. The fraction of sp³-hybridized carbons (Fsp3) is 0.565. The second-order valence-electron chi connectivity index (χ2n) is 8.91. The summed E-state index contributed by atoms with van der Waals surface area (Å²) in [6.07, 6.45) is 9.16. The normalized spacial score (nSPS) is 23.1. The molecule has 1 amide bonds. The van der Waals surface area contributed by atoms with Gasteiger partial charge in [-0.2, -0.15) is 0 Å². The molecule has 0 bridgehead atoms. The average molecular weight is 525 g/mol. The van der Waals surface area contributed by atoms with Crippen molar-refractivity contribution in [1.82, 2.24) is 10.3 Å². The monoisotopic (exact) mass is 524 g/mol. The number of nitrogens with one attached hydrogen (secondary N) is 1. The summed E-state index contributed by atoms with van der Waals surface area (Å²) in [6, 6.07) is 6.37. The number of amides is 1. The van der Waals surface area contributed by atoms with Crippen molar-refractivity contribution in [2.45, 2.75) is 70.4 Å². The zero-order chi connectivity index (χ0) is 22.0. The lowest BCUT2D eigenvalue weighted by Crippen LogP contribution is -2.38. The van der Waals surface area contributed by atoms with Crippen molar-refractivity contribution < 1.29 is 14.1 Å². The molecule has 1 aliphatic heterocycles. The van der Waals surface area contributed by atoms with Crippen molar-refractivity contribution in [3.8, 4) is 10.4 Å². The Morgan fingerprint density at radius 1 is 1.23 bits per heavy atom. The van der Waals surface area contributed by atoms with Gasteiger partial charge >= 0.3 is 6.09 Å². The van der Waals surface area contributed by atoms with Gasteiger partial charge in [0.1, 0.15) is 7.14 Å². The number of carbonyl (C=O) groups excluding carboxylic acids is 1. The standard InChI is InChI=1S/C23H30BrN2O3PS/c1-15(2)29-23(27)26-18-8-5-16(6-9-18)22-25-14-21(31-22)19-10-7-17(24)13-20(19)30(28)11-3-4-12-30/h7,10,13-16,18H,3-6,8-9,11-12H2,1-2H3,(H,26,27)/t16-,18-. The van der Waals surface area contributed by atoms with Crippen molar-refractivity contribution in [2.24, 2.45) is 0 Å². The van der Waals surface area contributed by atoms with Crippen LogP contribution >= 0.6 is 34.4 Å². The molecule has 0 atom stereocenters. The van der Waals surface area contributed by atoms with E-state index in [-0.39, 0.29) is 18.2 Å². The average Bonchev–Trinajstić information content (AvgIpc) is 3.38. The molecule has 168 valence electrons. The summed E-state index contributed by atoms with van der Waals surface area (Å²) in [5.74, 6) is 0.416. The van der Waals surface area contributed by atoms with Gasteiger partial charge in [-0.25, -0.2) is 9.78 Å². The predicted molar refractivity (Wildman–Crippen MR) is 131 cm³/mol. The molecule has 1 aliphatic carbocycles. The second kappa shape index (κ2) is 9.76. The van der Waals surface area contributed by atoms with Gasteiger partial charge in [0, 0.05) is 45.8 Å². The van der Waals surface area contributed by atoms with Gasteiger partial charge in [-0.1, -0.05) is 22.0 Å². The first-order valence-electron chi connectivity index (χ1n) is 11.2. The largest absolute Gasteiger partial charge is 0.447 e. The van der Waals surface area contributed by atoms with Crippen LogP contribution in [0.2, 0.25) is 0 Å². The molecule has 2 fully saturated rings. The summed E-state index contributed by atoms with van der Waals surface area (Å²) in [7, 11) is -2.31. The molecule has 8 heteroatoms. The van der Waals surface area contributed by atoms with Gasteiger partial charge in [0.15, 0.2) is 0 Å². The SMILES string of the molecule is CC(C)OC(=O)N[C@H]1CC[C@H](c2ncc(-c3ccc(Br)cc3P3(=O)CCCC3)s2)CC1. The minimum absolute atomic E-state index is 0.103. The van der Waals surface area contributed by atoms with Crippen LogP contribution in [0.4, 0.5) is 4.79 Å². The second-order valence-corrected chi connectivity index (χ2v) is 14.0. The molecular formula is C23H30BrN2O3PS. The molecule has 1 saturated heterocycles.